The number of aromatic nitrogens is 1. The van der Waals surface area contributed by atoms with Gasteiger partial charge in [-0.25, -0.2) is 4.57 Å². The first kappa shape index (κ1) is 17.5. The molecule has 0 bridgehead atoms. The Bertz CT molecular complexity index is 249. The zero-order valence-electron chi connectivity index (χ0n) is 12.4. The molecule has 0 atom stereocenters. The average molecular weight is 224 g/mol. The minimum Gasteiger partial charge on any atom is -0.205 e. The zero-order valence-corrected chi connectivity index (χ0v) is 12.4. The minimum absolute atomic E-state index is 0.617. The van der Waals surface area contributed by atoms with Crippen molar-refractivity contribution in [2.75, 3.05) is 0 Å². The molecule has 0 aromatic carbocycles. The summed E-state index contributed by atoms with van der Waals surface area (Å²) in [5, 5.41) is 0. The fraction of sp³-hybridized carbons (Fsp3) is 0.667. The van der Waals surface area contributed by atoms with Crippen molar-refractivity contribution < 1.29 is 4.57 Å². The Morgan fingerprint density at radius 3 is 1.62 bits per heavy atom. The molecule has 16 heavy (non-hydrogen) atoms. The molecule has 1 nitrogen and oxygen atoms in total. The third kappa shape index (κ3) is 9.70. The van der Waals surface area contributed by atoms with Crippen LogP contribution in [0.1, 0.15) is 60.1 Å². The van der Waals surface area contributed by atoms with Crippen LogP contribution in [-0.2, 0) is 7.05 Å². The molecule has 0 fully saturated rings. The lowest BCUT2D eigenvalue weighted by Gasteiger charge is -2.00. The van der Waals surface area contributed by atoms with Crippen LogP contribution in [0, 0.1) is 5.92 Å². The Hall–Kier alpha value is -0.850. The summed E-state index contributed by atoms with van der Waals surface area (Å²) in [6.45, 7) is 14.9. The van der Waals surface area contributed by atoms with E-state index in [-0.39, 0.29) is 0 Å². The van der Waals surface area contributed by atoms with Crippen LogP contribution in [0.15, 0.2) is 24.4 Å². The van der Waals surface area contributed by atoms with Crippen molar-refractivity contribution in [1.82, 2.24) is 0 Å². The predicted molar refractivity (Wildman–Crippen MR) is 73.6 cm³/mol. The molecule has 0 aliphatic rings. The lowest BCUT2D eigenvalue weighted by Crippen LogP contribution is -2.33. The molecule has 1 rings (SSSR count). The molecule has 0 radical (unpaired) electrons. The number of hydrogen-bond acceptors (Lipinski definition) is 0. The maximum atomic E-state index is 2.20. The van der Waals surface area contributed by atoms with Crippen LogP contribution in [0.3, 0.4) is 0 Å². The molecule has 1 aromatic heterocycles. The van der Waals surface area contributed by atoms with Crippen LogP contribution >= 0.6 is 0 Å². The van der Waals surface area contributed by atoms with Crippen LogP contribution in [0.4, 0.5) is 0 Å². The highest BCUT2D eigenvalue weighted by Crippen LogP contribution is 2.06. The van der Waals surface area contributed by atoms with E-state index in [2.05, 4.69) is 64.6 Å². The second kappa shape index (κ2) is 10.7. The molecule has 0 spiro atoms. The van der Waals surface area contributed by atoms with Gasteiger partial charge in [0.1, 0.15) is 7.05 Å². The van der Waals surface area contributed by atoms with E-state index in [1.165, 1.54) is 5.69 Å². The fourth-order valence-corrected chi connectivity index (χ4v) is 1.14. The molecule has 0 amide bonds. The molecule has 0 aliphatic heterocycles. The number of hydrogen-bond donors (Lipinski definition) is 0. The summed E-state index contributed by atoms with van der Waals surface area (Å²) >= 11 is 0. The van der Waals surface area contributed by atoms with Gasteiger partial charge >= 0.3 is 0 Å². The molecule has 0 aliphatic carbocycles. The molecule has 1 aromatic rings. The van der Waals surface area contributed by atoms with E-state index in [1.54, 1.807) is 0 Å². The number of pyridine rings is 1. The van der Waals surface area contributed by atoms with Gasteiger partial charge in [-0.2, -0.15) is 0 Å². The van der Waals surface area contributed by atoms with Gasteiger partial charge in [-0.1, -0.05) is 54.5 Å². The molecule has 0 unspecified atom stereocenters. The molecule has 0 N–H and O–H groups in total. The fourth-order valence-electron chi connectivity index (χ4n) is 1.14. The van der Waals surface area contributed by atoms with Gasteiger partial charge in [-0.05, 0) is 5.92 Å². The Kier molecular flexibility index (Phi) is 11.7. The van der Waals surface area contributed by atoms with Crippen LogP contribution in [0.2, 0.25) is 0 Å². The van der Waals surface area contributed by atoms with E-state index in [9.17, 15) is 0 Å². The van der Waals surface area contributed by atoms with Gasteiger partial charge in [0.15, 0.2) is 11.9 Å². The normalized spacial score (nSPS) is 9.12. The average Bonchev–Trinajstić information content (AvgIpc) is 2.20. The summed E-state index contributed by atoms with van der Waals surface area (Å²) in [7, 11) is 2.08. The topological polar surface area (TPSA) is 3.88 Å². The standard InChI is InChI=1S/C9H14N.C4H10.C2H6/c1-8(2)9-6-4-5-7-10(9)3;1-4(2)3;1-2/h4-8H,1-3H3;4H,1-3H3;1-2H3/q+1;;. The molecule has 1 heteroatoms. The van der Waals surface area contributed by atoms with Crippen molar-refractivity contribution in [3.63, 3.8) is 0 Å². The maximum Gasteiger partial charge on any atom is 0.183 e. The van der Waals surface area contributed by atoms with E-state index in [4.69, 9.17) is 0 Å². The summed E-state index contributed by atoms with van der Waals surface area (Å²) in [5.74, 6) is 1.45. The highest BCUT2D eigenvalue weighted by molar-refractivity contribution is 5.00. The first-order chi connectivity index (χ1) is 7.45. The minimum atomic E-state index is 0.617. The Morgan fingerprint density at radius 2 is 1.38 bits per heavy atom. The number of aryl methyl sites for hydroxylation is 1. The Labute approximate surface area is 103 Å². The molecule has 94 valence electrons. The van der Waals surface area contributed by atoms with Gasteiger partial charge in [0.25, 0.3) is 0 Å². The van der Waals surface area contributed by atoms with E-state index in [0.29, 0.717) is 5.92 Å². The van der Waals surface area contributed by atoms with Gasteiger partial charge in [0, 0.05) is 18.1 Å². The van der Waals surface area contributed by atoms with E-state index in [0.717, 1.165) is 5.92 Å². The van der Waals surface area contributed by atoms with Gasteiger partial charge in [0.2, 0.25) is 0 Å². The van der Waals surface area contributed by atoms with Crippen LogP contribution < -0.4 is 4.57 Å². The first-order valence-electron chi connectivity index (χ1n) is 6.39. The second-order valence-electron chi connectivity index (χ2n) is 4.62. The van der Waals surface area contributed by atoms with Gasteiger partial charge < -0.3 is 0 Å². The predicted octanol–water partition coefficient (Wildman–Crippen LogP) is 4.32. The monoisotopic (exact) mass is 224 g/mol. The molecule has 1 heterocycles. The SMILES string of the molecule is CC.CC(C)C.CC(C)c1cccc[n+]1C. The third-order valence-electron chi connectivity index (χ3n) is 1.69. The van der Waals surface area contributed by atoms with Gasteiger partial charge in [-0.15, -0.1) is 0 Å². The summed E-state index contributed by atoms with van der Waals surface area (Å²) in [4.78, 5) is 0. The quantitative estimate of drug-likeness (QED) is 0.625. The maximum absolute atomic E-state index is 2.20. The number of rotatable bonds is 1. The molecular formula is C15H30N+. The second-order valence-corrected chi connectivity index (χ2v) is 4.62. The molecule has 0 saturated carbocycles. The number of nitrogens with zero attached hydrogens (tertiary/aromatic N) is 1. The molecule has 0 saturated heterocycles. The van der Waals surface area contributed by atoms with Crippen molar-refractivity contribution in [2.45, 2.75) is 54.4 Å². The summed E-state index contributed by atoms with van der Waals surface area (Å²) in [6, 6.07) is 6.28. The van der Waals surface area contributed by atoms with Crippen molar-refractivity contribution in [2.24, 2.45) is 13.0 Å². The van der Waals surface area contributed by atoms with Gasteiger partial charge in [0.05, 0.1) is 0 Å². The largest absolute Gasteiger partial charge is 0.205 e. The van der Waals surface area contributed by atoms with E-state index >= 15 is 0 Å². The Balaban J connectivity index is 0. The zero-order chi connectivity index (χ0) is 13.1. The summed E-state index contributed by atoms with van der Waals surface area (Å²) < 4.78 is 2.16. The lowest BCUT2D eigenvalue weighted by molar-refractivity contribution is -0.680. The van der Waals surface area contributed by atoms with E-state index < -0.39 is 0 Å². The Morgan fingerprint density at radius 1 is 0.938 bits per heavy atom. The van der Waals surface area contributed by atoms with Crippen molar-refractivity contribution in [1.29, 1.82) is 0 Å². The van der Waals surface area contributed by atoms with Crippen molar-refractivity contribution in [3.8, 4) is 0 Å². The van der Waals surface area contributed by atoms with E-state index in [1.807, 2.05) is 19.9 Å². The lowest BCUT2D eigenvalue weighted by atomic mass is 10.1. The van der Waals surface area contributed by atoms with Crippen LogP contribution in [0.25, 0.3) is 0 Å². The highest BCUT2D eigenvalue weighted by Gasteiger charge is 2.07. The van der Waals surface area contributed by atoms with Crippen LogP contribution in [0.5, 0.6) is 0 Å². The smallest absolute Gasteiger partial charge is 0.183 e. The summed E-state index contributed by atoms with van der Waals surface area (Å²) in [5.41, 5.74) is 1.38. The van der Waals surface area contributed by atoms with Crippen LogP contribution in [-0.4, -0.2) is 0 Å². The highest BCUT2D eigenvalue weighted by atomic mass is 14.9. The molecular weight excluding hydrogens is 194 g/mol. The van der Waals surface area contributed by atoms with Crippen molar-refractivity contribution in [3.05, 3.63) is 30.1 Å². The third-order valence-corrected chi connectivity index (χ3v) is 1.69. The first-order valence-corrected chi connectivity index (χ1v) is 6.39. The van der Waals surface area contributed by atoms with Gasteiger partial charge in [-0.3, -0.25) is 0 Å². The summed E-state index contributed by atoms with van der Waals surface area (Å²) in [6.07, 6.45) is 2.08. The van der Waals surface area contributed by atoms with Crippen molar-refractivity contribution >= 4 is 0 Å².